The molecule has 4 heteroatoms. The predicted molar refractivity (Wildman–Crippen MR) is 36.5 cm³/mol. The molecule has 0 amide bonds. The van der Waals surface area contributed by atoms with Gasteiger partial charge in [0.15, 0.2) is 0 Å². The van der Waals surface area contributed by atoms with E-state index >= 15 is 0 Å². The summed E-state index contributed by atoms with van der Waals surface area (Å²) in [5.41, 5.74) is 0. The first-order chi connectivity index (χ1) is 4.29. The van der Waals surface area contributed by atoms with Crippen LogP contribution in [0.2, 0.25) is 0 Å². The minimum Gasteiger partial charge on any atom is -0.428 e. The summed E-state index contributed by atoms with van der Waals surface area (Å²) in [6.45, 7) is 1.98. The highest BCUT2D eigenvalue weighted by Gasteiger charge is 2.01. The number of hydrogen-bond donors (Lipinski definition) is 1. The van der Waals surface area contributed by atoms with Crippen molar-refractivity contribution in [2.75, 3.05) is 0 Å². The van der Waals surface area contributed by atoms with E-state index in [1.165, 1.54) is 6.39 Å². The molecular weight excluding hydrogens is 136 g/mol. The molecule has 1 unspecified atom stereocenters. The fourth-order valence-electron chi connectivity index (χ4n) is 0.538. The van der Waals surface area contributed by atoms with Crippen molar-refractivity contribution in [2.45, 2.75) is 18.6 Å². The maximum absolute atomic E-state index is 4.87. The largest absolute Gasteiger partial charge is 0.428 e. The smallest absolute Gasteiger partial charge is 0.217 e. The van der Waals surface area contributed by atoms with Crippen LogP contribution in [0, 0.1) is 0 Å². The summed E-state index contributed by atoms with van der Waals surface area (Å²) in [6, 6.07) is 0. The van der Waals surface area contributed by atoms with E-state index in [-0.39, 0.29) is 5.25 Å². The van der Waals surface area contributed by atoms with Crippen LogP contribution in [0.1, 0.15) is 12.8 Å². The molecule has 1 atom stereocenters. The van der Waals surface area contributed by atoms with E-state index in [0.717, 1.165) is 6.42 Å². The van der Waals surface area contributed by atoms with Gasteiger partial charge in [-0.15, -0.1) is 10.2 Å². The van der Waals surface area contributed by atoms with E-state index in [4.69, 9.17) is 4.42 Å². The van der Waals surface area contributed by atoms with Gasteiger partial charge in [-0.1, -0.05) is 6.92 Å². The maximum atomic E-state index is 4.87. The zero-order valence-electron chi connectivity index (χ0n) is 5.11. The Kier molecular flexibility index (Phi) is 2.10. The van der Waals surface area contributed by atoms with Gasteiger partial charge in [0.25, 0.3) is 0 Å². The molecule has 0 saturated carbocycles. The lowest BCUT2D eigenvalue weighted by atomic mass is 10.3. The summed E-state index contributed by atoms with van der Waals surface area (Å²) in [7, 11) is 0. The first-order valence-corrected chi connectivity index (χ1v) is 3.24. The summed E-state index contributed by atoms with van der Waals surface area (Å²) in [4.78, 5) is 0. The lowest BCUT2D eigenvalue weighted by Crippen LogP contribution is -1.96. The fourth-order valence-corrected chi connectivity index (χ4v) is 0.694. The van der Waals surface area contributed by atoms with Crippen molar-refractivity contribution >= 4 is 12.6 Å². The van der Waals surface area contributed by atoms with Crippen LogP contribution in [-0.4, -0.2) is 15.4 Å². The summed E-state index contributed by atoms with van der Waals surface area (Å²) < 4.78 is 4.87. The summed E-state index contributed by atoms with van der Waals surface area (Å²) in [6.07, 6.45) is 2.06. The van der Waals surface area contributed by atoms with Crippen molar-refractivity contribution in [2.24, 2.45) is 0 Å². The number of aromatic nitrogens is 2. The standard InChI is InChI=1S/C5H8N2OS/c1-4(9)2-5-7-6-3-8-5/h3-4,9H,2H2,1H3. The van der Waals surface area contributed by atoms with Gasteiger partial charge in [0.1, 0.15) is 0 Å². The maximum Gasteiger partial charge on any atom is 0.217 e. The van der Waals surface area contributed by atoms with E-state index in [1.807, 2.05) is 6.92 Å². The highest BCUT2D eigenvalue weighted by Crippen LogP contribution is 2.01. The van der Waals surface area contributed by atoms with Crippen LogP contribution in [0.15, 0.2) is 10.8 Å². The Morgan fingerprint density at radius 3 is 3.11 bits per heavy atom. The van der Waals surface area contributed by atoms with E-state index in [0.29, 0.717) is 5.89 Å². The van der Waals surface area contributed by atoms with Gasteiger partial charge in [0.2, 0.25) is 12.3 Å². The molecule has 0 aliphatic heterocycles. The van der Waals surface area contributed by atoms with Gasteiger partial charge in [0.05, 0.1) is 0 Å². The summed E-state index contributed by atoms with van der Waals surface area (Å²) in [5, 5.41) is 7.50. The molecule has 0 aliphatic rings. The van der Waals surface area contributed by atoms with Crippen LogP contribution in [0.4, 0.5) is 0 Å². The Labute approximate surface area is 58.9 Å². The lowest BCUT2D eigenvalue weighted by molar-refractivity contribution is 0.492. The third kappa shape index (κ3) is 2.05. The monoisotopic (exact) mass is 144 g/mol. The van der Waals surface area contributed by atoms with E-state index in [2.05, 4.69) is 22.8 Å². The van der Waals surface area contributed by atoms with Crippen molar-refractivity contribution in [1.82, 2.24) is 10.2 Å². The highest BCUT2D eigenvalue weighted by molar-refractivity contribution is 7.80. The Morgan fingerprint density at radius 1 is 1.89 bits per heavy atom. The molecular formula is C5H8N2OS. The summed E-state index contributed by atoms with van der Waals surface area (Å²) in [5.74, 6) is 0.650. The van der Waals surface area contributed by atoms with E-state index in [1.54, 1.807) is 0 Å². The molecule has 1 heterocycles. The number of thiol groups is 1. The average molecular weight is 144 g/mol. The predicted octanol–water partition coefficient (Wildman–Crippen LogP) is 0.930. The van der Waals surface area contributed by atoms with Gasteiger partial charge >= 0.3 is 0 Å². The zero-order chi connectivity index (χ0) is 6.69. The van der Waals surface area contributed by atoms with Crippen LogP contribution >= 0.6 is 12.6 Å². The van der Waals surface area contributed by atoms with Crippen molar-refractivity contribution < 1.29 is 4.42 Å². The molecule has 0 aromatic carbocycles. The zero-order valence-corrected chi connectivity index (χ0v) is 6.01. The average Bonchev–Trinajstić information content (AvgIpc) is 2.15. The van der Waals surface area contributed by atoms with E-state index < -0.39 is 0 Å². The molecule has 1 aromatic rings. The first-order valence-electron chi connectivity index (χ1n) is 2.72. The second kappa shape index (κ2) is 2.87. The van der Waals surface area contributed by atoms with Crippen molar-refractivity contribution in [1.29, 1.82) is 0 Å². The second-order valence-corrected chi connectivity index (χ2v) is 2.77. The molecule has 0 N–H and O–H groups in total. The number of hydrogen-bond acceptors (Lipinski definition) is 4. The SMILES string of the molecule is CC(S)Cc1nnco1. The summed E-state index contributed by atoms with van der Waals surface area (Å²) >= 11 is 4.16. The van der Waals surface area contributed by atoms with E-state index in [9.17, 15) is 0 Å². The van der Waals surface area contributed by atoms with Crippen molar-refractivity contribution in [3.63, 3.8) is 0 Å². The molecule has 0 spiro atoms. The number of rotatable bonds is 2. The van der Waals surface area contributed by atoms with Crippen LogP contribution in [0.25, 0.3) is 0 Å². The normalized spacial score (nSPS) is 13.6. The molecule has 0 bridgehead atoms. The van der Waals surface area contributed by atoms with Gasteiger partial charge in [-0.05, 0) is 0 Å². The van der Waals surface area contributed by atoms with Crippen LogP contribution in [-0.2, 0) is 6.42 Å². The highest BCUT2D eigenvalue weighted by atomic mass is 32.1. The van der Waals surface area contributed by atoms with Crippen LogP contribution in [0.3, 0.4) is 0 Å². The minimum absolute atomic E-state index is 0.283. The Balaban J connectivity index is 2.48. The van der Waals surface area contributed by atoms with Gasteiger partial charge in [-0.2, -0.15) is 12.6 Å². The third-order valence-electron chi connectivity index (χ3n) is 0.875. The third-order valence-corrected chi connectivity index (χ3v) is 1.06. The number of nitrogens with zero attached hydrogens (tertiary/aromatic N) is 2. The Morgan fingerprint density at radius 2 is 2.67 bits per heavy atom. The Bertz CT molecular complexity index is 161. The second-order valence-electron chi connectivity index (χ2n) is 1.89. The molecule has 1 aromatic heterocycles. The quantitative estimate of drug-likeness (QED) is 0.627. The van der Waals surface area contributed by atoms with Crippen molar-refractivity contribution in [3.8, 4) is 0 Å². The fraction of sp³-hybridized carbons (Fsp3) is 0.600. The molecule has 3 nitrogen and oxygen atoms in total. The van der Waals surface area contributed by atoms with Gasteiger partial charge in [-0.25, -0.2) is 0 Å². The van der Waals surface area contributed by atoms with Gasteiger partial charge in [0, 0.05) is 11.7 Å². The molecule has 1 rings (SSSR count). The molecule has 0 fully saturated rings. The molecule has 9 heavy (non-hydrogen) atoms. The molecule has 0 radical (unpaired) electrons. The molecule has 50 valence electrons. The Hall–Kier alpha value is -0.510. The topological polar surface area (TPSA) is 38.9 Å². The van der Waals surface area contributed by atoms with Crippen LogP contribution < -0.4 is 0 Å². The van der Waals surface area contributed by atoms with Gasteiger partial charge < -0.3 is 4.42 Å². The minimum atomic E-state index is 0.283. The first kappa shape index (κ1) is 6.61. The molecule has 0 aliphatic carbocycles. The molecule has 0 saturated heterocycles. The van der Waals surface area contributed by atoms with Gasteiger partial charge in [-0.3, -0.25) is 0 Å². The lowest BCUT2D eigenvalue weighted by Gasteiger charge is -1.94. The van der Waals surface area contributed by atoms with Crippen LogP contribution in [0.5, 0.6) is 0 Å². The van der Waals surface area contributed by atoms with Crippen molar-refractivity contribution in [3.05, 3.63) is 12.3 Å².